The highest BCUT2D eigenvalue weighted by atomic mass is 31.2. The molecule has 0 heterocycles. The van der Waals surface area contributed by atoms with Crippen LogP contribution in [-0.4, -0.2) is 113 Å². The molecule has 0 bridgehead atoms. The molecule has 0 atom stereocenters. The van der Waals surface area contributed by atoms with Crippen LogP contribution in [0.1, 0.15) is 0 Å². The molecule has 0 unspecified atom stereocenters. The van der Waals surface area contributed by atoms with E-state index >= 15 is 0 Å². The first kappa shape index (κ1) is 36.0. The molecule has 3 aromatic carbocycles. The molecule has 9 nitrogen and oxygen atoms in total. The fourth-order valence-corrected chi connectivity index (χ4v) is 14.7. The molecule has 43 heavy (non-hydrogen) atoms. The third-order valence-electron chi connectivity index (χ3n) is 7.53. The predicted molar refractivity (Wildman–Crippen MR) is 189 cm³/mol. The molecule has 3 rings (SSSR count). The summed E-state index contributed by atoms with van der Waals surface area (Å²) in [4.78, 5) is 0. The van der Waals surface area contributed by atoms with E-state index < -0.39 is 30.3 Å². The minimum absolute atomic E-state index is 0.735. The van der Waals surface area contributed by atoms with Crippen LogP contribution in [0.15, 0.2) is 72.8 Å². The second-order valence-electron chi connectivity index (χ2n) is 11.6. The molecule has 3 aromatic rings. The summed E-state index contributed by atoms with van der Waals surface area (Å²) < 4.78 is 53.6. The van der Waals surface area contributed by atoms with Gasteiger partial charge in [0.2, 0.25) is 22.3 Å². The van der Waals surface area contributed by atoms with Gasteiger partial charge in [0.1, 0.15) is 0 Å². The maximum Gasteiger partial charge on any atom is 0.244 e. The summed E-state index contributed by atoms with van der Waals surface area (Å²) in [7, 11) is 11.7. The highest BCUT2D eigenvalue weighted by molar-refractivity contribution is 7.80. The van der Waals surface area contributed by atoms with Gasteiger partial charge >= 0.3 is 0 Å². The zero-order valence-corrected chi connectivity index (χ0v) is 31.2. The lowest BCUT2D eigenvalue weighted by Crippen LogP contribution is -2.33. The van der Waals surface area contributed by atoms with Crippen LogP contribution in [0.5, 0.6) is 0 Å². The van der Waals surface area contributed by atoms with Gasteiger partial charge in [-0.15, -0.1) is 0 Å². The number of benzene rings is 3. The summed E-state index contributed by atoms with van der Waals surface area (Å²) in [5, 5.41) is 5.21. The molecule has 0 aliphatic carbocycles. The molecule has 0 aliphatic rings. The monoisotopic (exact) mass is 664 g/mol. The Labute approximate surface area is 260 Å². The van der Waals surface area contributed by atoms with Crippen LogP contribution >= 0.6 is 30.3 Å². The molecule has 0 fully saturated rings. The third-order valence-corrected chi connectivity index (χ3v) is 19.3. The Morgan fingerprint density at radius 2 is 0.605 bits per heavy atom. The van der Waals surface area contributed by atoms with Gasteiger partial charge < -0.3 is 0 Å². The van der Waals surface area contributed by atoms with Gasteiger partial charge in [-0.2, -0.15) is 0 Å². The fourth-order valence-electron chi connectivity index (χ4n) is 5.35. The van der Waals surface area contributed by atoms with Crippen molar-refractivity contribution in [2.75, 3.05) is 84.6 Å². The molecular weight excluding hydrogens is 616 g/mol. The largest absolute Gasteiger partial charge is 0.284 e. The topological polar surface area (TPSA) is 70.6 Å². The maximum atomic E-state index is 14.3. The van der Waals surface area contributed by atoms with E-state index in [4.69, 9.17) is 0 Å². The van der Waals surface area contributed by atoms with Crippen LogP contribution in [0.25, 0.3) is 0 Å². The van der Waals surface area contributed by atoms with Crippen molar-refractivity contribution in [2.45, 2.75) is 0 Å². The second-order valence-corrected chi connectivity index (χ2v) is 23.4. The molecule has 0 aromatic heterocycles. The molecular formula is C30H48N6O3P4. The molecule has 0 saturated carbocycles. The Kier molecular flexibility index (Phi) is 11.6. The Morgan fingerprint density at radius 3 is 0.791 bits per heavy atom. The van der Waals surface area contributed by atoms with Crippen molar-refractivity contribution in [3.05, 3.63) is 72.8 Å². The van der Waals surface area contributed by atoms with E-state index in [0.717, 1.165) is 31.8 Å². The lowest BCUT2D eigenvalue weighted by atomic mass is 10.3. The number of hydrogen-bond donors (Lipinski definition) is 0. The average molecular weight is 665 g/mol. The average Bonchev–Trinajstić information content (AvgIpc) is 2.95. The van der Waals surface area contributed by atoms with E-state index in [0.29, 0.717) is 0 Å². The molecule has 0 spiro atoms. The van der Waals surface area contributed by atoms with Gasteiger partial charge in [0.25, 0.3) is 0 Å². The van der Waals surface area contributed by atoms with E-state index in [1.54, 1.807) is 28.0 Å². The van der Waals surface area contributed by atoms with Crippen molar-refractivity contribution in [3.8, 4) is 0 Å². The molecule has 0 saturated heterocycles. The lowest BCUT2D eigenvalue weighted by Gasteiger charge is -2.33. The Balaban J connectivity index is 2.39. The van der Waals surface area contributed by atoms with Gasteiger partial charge in [-0.3, -0.25) is 13.7 Å². The predicted octanol–water partition coefficient (Wildman–Crippen LogP) is 3.27. The summed E-state index contributed by atoms with van der Waals surface area (Å²) in [6.07, 6.45) is 0. The number of rotatable bonds is 12. The standard InChI is InChI=1S/C30H48N6O3P4/c1-31(2)41(37,32(3)4)28-19-13-16-25(22-28)40(26-17-14-20-29(23-26)42(38,33(5)6)34(7)8)27-18-15-21-30(24-27)43(39,35(9)10)36(11)12/h13-24H,1-12H3. The first-order chi connectivity index (χ1) is 19.9. The first-order valence-electron chi connectivity index (χ1n) is 13.9. The van der Waals surface area contributed by atoms with Crippen molar-refractivity contribution in [3.63, 3.8) is 0 Å². The van der Waals surface area contributed by atoms with Gasteiger partial charge in [0.15, 0.2) is 0 Å². The highest BCUT2D eigenvalue weighted by Gasteiger charge is 2.35. The summed E-state index contributed by atoms with van der Waals surface area (Å²) >= 11 is 0. The van der Waals surface area contributed by atoms with E-state index in [2.05, 4.69) is 18.2 Å². The van der Waals surface area contributed by atoms with E-state index in [9.17, 15) is 13.7 Å². The van der Waals surface area contributed by atoms with E-state index in [1.165, 1.54) is 0 Å². The zero-order chi connectivity index (χ0) is 32.5. The Hall–Kier alpha value is -1.46. The summed E-state index contributed by atoms with van der Waals surface area (Å²) in [5.41, 5.74) is 0. The van der Waals surface area contributed by atoms with Gasteiger partial charge in [-0.05, 0) is 145 Å². The summed E-state index contributed by atoms with van der Waals surface area (Å²) in [5.74, 6) is 0. The number of nitrogens with zero attached hydrogens (tertiary/aromatic N) is 6. The Morgan fingerprint density at radius 1 is 0.395 bits per heavy atom. The van der Waals surface area contributed by atoms with Crippen molar-refractivity contribution >= 4 is 62.1 Å². The van der Waals surface area contributed by atoms with Crippen molar-refractivity contribution < 1.29 is 13.7 Å². The van der Waals surface area contributed by atoms with Gasteiger partial charge in [0.05, 0.1) is 0 Å². The SMILES string of the molecule is CN(C)P(=O)(c1cccc(P(c2cccc(P(=O)(N(C)C)N(C)C)c2)c2cccc(P(=O)(N(C)C)N(C)C)c2)c1)N(C)C. The zero-order valence-electron chi connectivity index (χ0n) is 27.6. The summed E-state index contributed by atoms with van der Waals surface area (Å²) in [6.45, 7) is 0. The van der Waals surface area contributed by atoms with Gasteiger partial charge in [0, 0.05) is 15.9 Å². The normalized spacial score (nSPS) is 13.5. The van der Waals surface area contributed by atoms with Crippen LogP contribution in [0.2, 0.25) is 0 Å². The van der Waals surface area contributed by atoms with Gasteiger partial charge in [-0.1, -0.05) is 36.4 Å². The van der Waals surface area contributed by atoms with Crippen LogP contribution in [0.3, 0.4) is 0 Å². The second kappa shape index (κ2) is 13.9. The third kappa shape index (κ3) is 6.74. The first-order valence-corrected chi connectivity index (χ1v) is 20.1. The Bertz CT molecular complexity index is 1350. The molecule has 0 radical (unpaired) electrons. The minimum Gasteiger partial charge on any atom is -0.284 e. The van der Waals surface area contributed by atoms with Crippen molar-refractivity contribution in [1.29, 1.82) is 0 Å². The molecule has 13 heteroatoms. The van der Waals surface area contributed by atoms with Crippen LogP contribution in [-0.2, 0) is 13.7 Å². The smallest absolute Gasteiger partial charge is 0.244 e. The van der Waals surface area contributed by atoms with Crippen LogP contribution < -0.4 is 31.8 Å². The molecule has 0 N–H and O–H groups in total. The molecule has 0 amide bonds. The van der Waals surface area contributed by atoms with Gasteiger partial charge in [-0.25, -0.2) is 28.0 Å². The fraction of sp³-hybridized carbons (Fsp3) is 0.400. The molecule has 0 aliphatic heterocycles. The number of hydrogen-bond acceptors (Lipinski definition) is 3. The van der Waals surface area contributed by atoms with Crippen LogP contribution in [0, 0.1) is 0 Å². The highest BCUT2D eigenvalue weighted by Crippen LogP contribution is 2.51. The lowest BCUT2D eigenvalue weighted by molar-refractivity contribution is 0.459. The maximum absolute atomic E-state index is 14.3. The van der Waals surface area contributed by atoms with E-state index in [-0.39, 0.29) is 0 Å². The summed E-state index contributed by atoms with van der Waals surface area (Å²) in [6, 6.07) is 24.0. The minimum atomic E-state index is -3.03. The molecule has 236 valence electrons. The van der Waals surface area contributed by atoms with Crippen molar-refractivity contribution in [2.24, 2.45) is 0 Å². The quantitative estimate of drug-likeness (QED) is 0.272. The van der Waals surface area contributed by atoms with Crippen molar-refractivity contribution in [1.82, 2.24) is 28.0 Å². The van der Waals surface area contributed by atoms with E-state index in [1.807, 2.05) is 139 Å². The van der Waals surface area contributed by atoms with Crippen LogP contribution in [0.4, 0.5) is 0 Å².